The summed E-state index contributed by atoms with van der Waals surface area (Å²) in [7, 11) is 2.13. The topological polar surface area (TPSA) is 44.8 Å². The normalized spacial score (nSPS) is 18.9. The number of nitrogens with one attached hydrogen (secondary N) is 1. The van der Waals surface area contributed by atoms with Crippen LogP contribution in [0.4, 0.5) is 9.18 Å². The fourth-order valence-electron chi connectivity index (χ4n) is 3.30. The second-order valence-electron chi connectivity index (χ2n) is 8.12. The molecule has 0 saturated carbocycles. The average molecular weight is 380 g/mol. The largest absolute Gasteiger partial charge is 0.442 e. The Bertz CT molecular complexity index is 636. The molecule has 0 bridgehead atoms. The van der Waals surface area contributed by atoms with Gasteiger partial charge in [-0.15, -0.1) is 0 Å². The van der Waals surface area contributed by atoms with Gasteiger partial charge in [-0.1, -0.05) is 25.5 Å². The first-order valence-corrected chi connectivity index (χ1v) is 9.89. The highest BCUT2D eigenvalue weighted by Crippen LogP contribution is 2.24. The second kappa shape index (κ2) is 9.51. The van der Waals surface area contributed by atoms with Crippen LogP contribution in [-0.2, 0) is 11.3 Å². The van der Waals surface area contributed by atoms with Gasteiger partial charge in [0.2, 0.25) is 0 Å². The summed E-state index contributed by atoms with van der Waals surface area (Å²) < 4.78 is 20.0. The number of unbranched alkanes of at least 4 members (excludes halogenated alkanes) is 1. The molecule has 1 fully saturated rings. The average Bonchev–Trinajstić information content (AvgIpc) is 2.59. The van der Waals surface area contributed by atoms with E-state index in [4.69, 9.17) is 4.74 Å². The number of hydrogen-bond acceptors (Lipinski definition) is 4. The van der Waals surface area contributed by atoms with Gasteiger partial charge in [0.05, 0.1) is 0 Å². The Morgan fingerprint density at radius 3 is 2.74 bits per heavy atom. The molecule has 0 radical (unpaired) electrons. The van der Waals surface area contributed by atoms with E-state index in [1.165, 1.54) is 6.07 Å². The van der Waals surface area contributed by atoms with E-state index >= 15 is 0 Å². The van der Waals surface area contributed by atoms with Crippen molar-refractivity contribution in [2.45, 2.75) is 58.7 Å². The summed E-state index contributed by atoms with van der Waals surface area (Å²) in [5.41, 5.74) is 1.43. The van der Waals surface area contributed by atoms with Crippen LogP contribution in [0.1, 0.15) is 57.8 Å². The smallest absolute Gasteiger partial charge is 0.407 e. The highest BCUT2D eigenvalue weighted by Gasteiger charge is 2.31. The minimum Gasteiger partial charge on any atom is -0.442 e. The number of benzene rings is 1. The number of piperazine rings is 1. The van der Waals surface area contributed by atoms with Gasteiger partial charge in [-0.25, -0.2) is 9.18 Å². The molecule has 27 heavy (non-hydrogen) atoms. The predicted octanol–water partition coefficient (Wildman–Crippen LogP) is 3.94. The van der Waals surface area contributed by atoms with Gasteiger partial charge in [0.1, 0.15) is 11.9 Å². The van der Waals surface area contributed by atoms with Crippen molar-refractivity contribution in [2.24, 2.45) is 0 Å². The number of amides is 1. The van der Waals surface area contributed by atoms with Crippen LogP contribution in [0.3, 0.4) is 0 Å². The zero-order valence-corrected chi connectivity index (χ0v) is 17.3. The van der Waals surface area contributed by atoms with E-state index < -0.39 is 12.2 Å². The van der Waals surface area contributed by atoms with Crippen molar-refractivity contribution in [1.29, 1.82) is 0 Å². The monoisotopic (exact) mass is 379 g/mol. The van der Waals surface area contributed by atoms with Crippen molar-refractivity contribution in [3.8, 4) is 0 Å². The standard InChI is InChI=1S/C21H34FN3O2/c1-6-7-10-23-20(26)27-16(2)17-8-9-18(19(22)13-17)14-25-12-11-24(5)21(3,4)15-25/h8-9,13,16H,6-7,10-12,14-15H2,1-5H3,(H,23,26). The highest BCUT2D eigenvalue weighted by atomic mass is 19.1. The van der Waals surface area contributed by atoms with E-state index in [0.29, 0.717) is 24.2 Å². The summed E-state index contributed by atoms with van der Waals surface area (Å²) in [6, 6.07) is 5.15. The van der Waals surface area contributed by atoms with Crippen molar-refractivity contribution in [2.75, 3.05) is 33.2 Å². The number of likely N-dealkylation sites (N-methyl/N-ethyl adjacent to an activating group) is 1. The Labute approximate surface area is 162 Å². The summed E-state index contributed by atoms with van der Waals surface area (Å²) in [5.74, 6) is -0.244. The number of carbonyl (C=O) groups excluding carboxylic acids is 1. The van der Waals surface area contributed by atoms with E-state index in [2.05, 4.69) is 42.9 Å². The van der Waals surface area contributed by atoms with Gasteiger partial charge in [-0.05, 0) is 45.9 Å². The molecule has 1 unspecified atom stereocenters. The number of alkyl carbamates (subject to hydrolysis) is 1. The molecule has 0 aromatic heterocycles. The Balaban J connectivity index is 1.94. The molecule has 1 N–H and O–H groups in total. The summed E-state index contributed by atoms with van der Waals surface area (Å²) in [5, 5.41) is 2.71. The van der Waals surface area contributed by atoms with E-state index in [9.17, 15) is 9.18 Å². The molecule has 1 atom stereocenters. The first-order chi connectivity index (χ1) is 12.7. The van der Waals surface area contributed by atoms with Crippen LogP contribution in [0.15, 0.2) is 18.2 Å². The lowest BCUT2D eigenvalue weighted by Crippen LogP contribution is -2.57. The fraction of sp³-hybridized carbons (Fsp3) is 0.667. The second-order valence-corrected chi connectivity index (χ2v) is 8.12. The van der Waals surface area contributed by atoms with E-state index in [0.717, 1.165) is 32.5 Å². The summed E-state index contributed by atoms with van der Waals surface area (Å²) in [6.07, 6.45) is 0.973. The van der Waals surface area contributed by atoms with Crippen LogP contribution in [0, 0.1) is 5.82 Å². The molecule has 2 rings (SSSR count). The van der Waals surface area contributed by atoms with Gasteiger partial charge in [-0.3, -0.25) is 9.80 Å². The Hall–Kier alpha value is -1.66. The summed E-state index contributed by atoms with van der Waals surface area (Å²) in [4.78, 5) is 16.4. The van der Waals surface area contributed by atoms with E-state index in [1.54, 1.807) is 6.92 Å². The number of halogens is 1. The van der Waals surface area contributed by atoms with E-state index in [1.807, 2.05) is 12.1 Å². The van der Waals surface area contributed by atoms with Gasteiger partial charge in [0.15, 0.2) is 0 Å². The lowest BCUT2D eigenvalue weighted by atomic mass is 9.99. The minimum absolute atomic E-state index is 0.0855. The summed E-state index contributed by atoms with van der Waals surface area (Å²) >= 11 is 0. The Morgan fingerprint density at radius 1 is 1.37 bits per heavy atom. The molecule has 1 aliphatic heterocycles. The van der Waals surface area contributed by atoms with Crippen LogP contribution < -0.4 is 5.32 Å². The molecule has 6 heteroatoms. The lowest BCUT2D eigenvalue weighted by Gasteiger charge is -2.45. The Kier molecular flexibility index (Phi) is 7.62. The maximum absolute atomic E-state index is 14.6. The zero-order chi connectivity index (χ0) is 20.0. The van der Waals surface area contributed by atoms with Crippen LogP contribution in [0.5, 0.6) is 0 Å². The molecule has 1 amide bonds. The van der Waals surface area contributed by atoms with Crippen molar-refractivity contribution < 1.29 is 13.9 Å². The molecule has 1 aliphatic rings. The third kappa shape index (κ3) is 6.18. The predicted molar refractivity (Wildman–Crippen MR) is 106 cm³/mol. The molecule has 5 nitrogen and oxygen atoms in total. The third-order valence-corrected chi connectivity index (χ3v) is 5.42. The van der Waals surface area contributed by atoms with E-state index in [-0.39, 0.29) is 11.4 Å². The third-order valence-electron chi connectivity index (χ3n) is 5.42. The number of nitrogens with zero attached hydrogens (tertiary/aromatic N) is 2. The van der Waals surface area contributed by atoms with Gasteiger partial charge in [-0.2, -0.15) is 0 Å². The molecule has 0 aliphatic carbocycles. The van der Waals surface area contributed by atoms with Crippen molar-refractivity contribution in [1.82, 2.24) is 15.1 Å². The van der Waals surface area contributed by atoms with Gasteiger partial charge >= 0.3 is 6.09 Å². The lowest BCUT2D eigenvalue weighted by molar-refractivity contribution is 0.0355. The van der Waals surface area contributed by atoms with Gasteiger partial charge < -0.3 is 10.1 Å². The molecule has 1 heterocycles. The zero-order valence-electron chi connectivity index (χ0n) is 17.3. The highest BCUT2D eigenvalue weighted by molar-refractivity contribution is 5.67. The molecular formula is C21H34FN3O2. The maximum atomic E-state index is 14.6. The number of carbonyl (C=O) groups is 1. The fourth-order valence-corrected chi connectivity index (χ4v) is 3.30. The molecule has 1 aromatic carbocycles. The quantitative estimate of drug-likeness (QED) is 0.729. The van der Waals surface area contributed by atoms with Crippen LogP contribution in [0.25, 0.3) is 0 Å². The first-order valence-electron chi connectivity index (χ1n) is 9.89. The number of ether oxygens (including phenoxy) is 1. The number of rotatable bonds is 7. The maximum Gasteiger partial charge on any atom is 0.407 e. The molecular weight excluding hydrogens is 345 g/mol. The first kappa shape index (κ1) is 21.6. The molecule has 1 saturated heterocycles. The van der Waals surface area contributed by atoms with Crippen LogP contribution >= 0.6 is 0 Å². The molecule has 0 spiro atoms. The van der Waals surface area contributed by atoms with Crippen molar-refractivity contribution in [3.05, 3.63) is 35.1 Å². The van der Waals surface area contributed by atoms with Crippen LogP contribution in [-0.4, -0.2) is 54.7 Å². The van der Waals surface area contributed by atoms with Gasteiger partial charge in [0, 0.05) is 43.8 Å². The van der Waals surface area contributed by atoms with Gasteiger partial charge in [0.25, 0.3) is 0 Å². The SMILES string of the molecule is CCCCNC(=O)OC(C)c1ccc(CN2CCN(C)C(C)(C)C2)c(F)c1. The Morgan fingerprint density at radius 2 is 2.11 bits per heavy atom. The molecule has 152 valence electrons. The van der Waals surface area contributed by atoms with Crippen molar-refractivity contribution in [3.63, 3.8) is 0 Å². The number of hydrogen-bond donors (Lipinski definition) is 1. The minimum atomic E-state index is -0.488. The molecule has 1 aromatic rings. The van der Waals surface area contributed by atoms with Crippen LogP contribution in [0.2, 0.25) is 0 Å². The van der Waals surface area contributed by atoms with Crippen molar-refractivity contribution >= 4 is 6.09 Å². The summed E-state index contributed by atoms with van der Waals surface area (Å²) in [6.45, 7) is 12.2.